The smallest absolute Gasteiger partial charge is 0.119 e. The van der Waals surface area contributed by atoms with Crippen LogP contribution in [0.15, 0.2) is 0 Å². The molecule has 0 aliphatic heterocycles. The summed E-state index contributed by atoms with van der Waals surface area (Å²) in [5.41, 5.74) is 0.543. The van der Waals surface area contributed by atoms with Crippen LogP contribution < -0.4 is 0 Å². The van der Waals surface area contributed by atoms with Crippen LogP contribution in [-0.2, 0) is 0 Å². The lowest BCUT2D eigenvalue weighted by molar-refractivity contribution is 0.182. The van der Waals surface area contributed by atoms with Crippen LogP contribution >= 0.6 is 0 Å². The average Bonchev–Trinajstić information content (AvgIpc) is 2.02. The molecule has 0 bridgehead atoms. The first-order valence-electron chi connectivity index (χ1n) is 8.03. The maximum absolute atomic E-state index is 2.78. The Kier molecular flexibility index (Phi) is 6.34. The normalized spacial score (nSPS) is 15.3. The van der Waals surface area contributed by atoms with Crippen LogP contribution in [0.5, 0.6) is 0 Å². The minimum absolute atomic E-state index is 0.271. The van der Waals surface area contributed by atoms with Crippen LogP contribution in [0.25, 0.3) is 0 Å². The Labute approximate surface area is 131 Å². The summed E-state index contributed by atoms with van der Waals surface area (Å²) < 4.78 is 5.55. The summed E-state index contributed by atoms with van der Waals surface area (Å²) in [5.74, 6) is 0. The van der Waals surface area contributed by atoms with Crippen LogP contribution in [0.4, 0.5) is 0 Å². The molecule has 2 nitrogen and oxygen atoms in total. The Balaban J connectivity index is 5.10. The number of hydrogen-bond donors (Lipinski definition) is 0. The third-order valence-corrected chi connectivity index (χ3v) is 8.81. The maximum Gasteiger partial charge on any atom is 0.119 e. The highest BCUT2D eigenvalue weighted by Gasteiger charge is 2.36. The summed E-state index contributed by atoms with van der Waals surface area (Å²) in [6, 6.07) is 0. The lowest BCUT2D eigenvalue weighted by Gasteiger charge is -2.49. The molecule has 0 fully saturated rings. The van der Waals surface area contributed by atoms with Gasteiger partial charge in [-0.25, -0.2) is 0 Å². The predicted octanol–water partition coefficient (Wildman–Crippen LogP) is 4.86. The summed E-state index contributed by atoms with van der Waals surface area (Å²) in [7, 11) is -2.57. The van der Waals surface area contributed by atoms with Crippen LogP contribution in [0.2, 0.25) is 39.3 Å². The van der Waals surface area contributed by atoms with Crippen molar-refractivity contribution in [3.05, 3.63) is 0 Å². The van der Waals surface area contributed by atoms with Gasteiger partial charge in [-0.15, -0.1) is 0 Å². The fourth-order valence-corrected chi connectivity index (χ4v) is 9.12. The van der Waals surface area contributed by atoms with E-state index in [0.29, 0.717) is 0 Å². The van der Waals surface area contributed by atoms with Crippen molar-refractivity contribution in [3.8, 4) is 0 Å². The molecule has 0 aromatic rings. The van der Waals surface area contributed by atoms with E-state index < -0.39 is 16.5 Å². The quantitative estimate of drug-likeness (QED) is 0.668. The van der Waals surface area contributed by atoms with E-state index in [-0.39, 0.29) is 11.1 Å². The average molecular weight is 317 g/mol. The molecule has 0 amide bonds. The van der Waals surface area contributed by atoms with Gasteiger partial charge in [0.05, 0.1) is 0 Å². The highest BCUT2D eigenvalue weighted by molar-refractivity contribution is 6.74. The molecule has 0 aromatic carbocycles. The molecule has 0 N–H and O–H groups in total. The standard InChI is InChI=1S/C16H40N2Si2/c1-15(2,3)17(19(7,8)9)13-14-18(16(4,5)6)20(10,11)12/h13-14H2,1-12H3. The molecule has 0 heterocycles. The molecule has 0 aliphatic carbocycles. The van der Waals surface area contributed by atoms with Gasteiger partial charge in [-0.05, 0) is 41.5 Å². The molecule has 0 radical (unpaired) electrons. The Morgan fingerprint density at radius 1 is 0.550 bits per heavy atom. The third kappa shape index (κ3) is 6.41. The second kappa shape index (κ2) is 6.23. The molecule has 0 aromatic heterocycles. The van der Waals surface area contributed by atoms with Gasteiger partial charge in [0.25, 0.3) is 0 Å². The molecule has 122 valence electrons. The van der Waals surface area contributed by atoms with E-state index in [2.05, 4.69) is 90.0 Å². The zero-order chi connectivity index (χ0) is 16.6. The topological polar surface area (TPSA) is 6.48 Å². The summed E-state index contributed by atoms with van der Waals surface area (Å²) in [6.45, 7) is 31.4. The van der Waals surface area contributed by atoms with Gasteiger partial charge < -0.3 is 9.13 Å². The van der Waals surface area contributed by atoms with Crippen molar-refractivity contribution in [1.82, 2.24) is 9.13 Å². The van der Waals surface area contributed by atoms with Gasteiger partial charge in [-0.2, -0.15) is 0 Å². The molecular weight excluding hydrogens is 276 g/mol. The van der Waals surface area contributed by atoms with Crippen molar-refractivity contribution in [3.63, 3.8) is 0 Å². The van der Waals surface area contributed by atoms with E-state index in [1.165, 1.54) is 13.1 Å². The Bertz CT molecular complexity index is 240. The summed E-state index contributed by atoms with van der Waals surface area (Å²) in [5, 5.41) is 0. The van der Waals surface area contributed by atoms with Gasteiger partial charge in [0, 0.05) is 24.2 Å². The molecular formula is C16H40N2Si2. The van der Waals surface area contributed by atoms with Gasteiger partial charge in [0.2, 0.25) is 0 Å². The molecule has 4 heteroatoms. The van der Waals surface area contributed by atoms with Crippen molar-refractivity contribution in [2.75, 3.05) is 13.1 Å². The molecule has 0 spiro atoms. The summed E-state index contributed by atoms with van der Waals surface area (Å²) in [6.07, 6.45) is 0. The van der Waals surface area contributed by atoms with Crippen LogP contribution in [0, 0.1) is 0 Å². The van der Waals surface area contributed by atoms with Gasteiger partial charge >= 0.3 is 0 Å². The van der Waals surface area contributed by atoms with E-state index in [0.717, 1.165) is 0 Å². The molecule has 0 unspecified atom stereocenters. The summed E-state index contributed by atoms with van der Waals surface area (Å²) in [4.78, 5) is 0. The molecule has 0 rings (SSSR count). The van der Waals surface area contributed by atoms with Crippen molar-refractivity contribution in [2.24, 2.45) is 0 Å². The van der Waals surface area contributed by atoms with E-state index >= 15 is 0 Å². The summed E-state index contributed by atoms with van der Waals surface area (Å²) >= 11 is 0. The van der Waals surface area contributed by atoms with Gasteiger partial charge in [0.1, 0.15) is 16.5 Å². The Hall–Kier alpha value is 0.354. The zero-order valence-corrected chi connectivity index (χ0v) is 18.3. The first-order chi connectivity index (χ1) is 8.47. The highest BCUT2D eigenvalue weighted by atomic mass is 28.3. The van der Waals surface area contributed by atoms with Crippen LogP contribution in [-0.4, -0.2) is 49.8 Å². The van der Waals surface area contributed by atoms with Crippen molar-refractivity contribution in [2.45, 2.75) is 91.9 Å². The minimum Gasteiger partial charge on any atom is -0.318 e. The second-order valence-corrected chi connectivity index (χ2v) is 19.7. The van der Waals surface area contributed by atoms with E-state index in [4.69, 9.17) is 0 Å². The molecule has 0 saturated carbocycles. The van der Waals surface area contributed by atoms with Crippen molar-refractivity contribution in [1.29, 1.82) is 0 Å². The monoisotopic (exact) mass is 316 g/mol. The molecule has 0 aliphatic rings. The SMILES string of the molecule is CC(C)(C)N(CCN(C(C)(C)C)[Si](C)(C)C)[Si](C)(C)C. The lowest BCUT2D eigenvalue weighted by Crippen LogP contribution is -2.62. The number of nitrogens with zero attached hydrogens (tertiary/aromatic N) is 2. The molecule has 0 atom stereocenters. The van der Waals surface area contributed by atoms with Gasteiger partial charge in [-0.1, -0.05) is 39.3 Å². The fourth-order valence-electron chi connectivity index (χ4n) is 3.55. The fraction of sp³-hybridized carbons (Fsp3) is 1.00. The minimum atomic E-state index is -1.29. The van der Waals surface area contributed by atoms with Crippen LogP contribution in [0.3, 0.4) is 0 Å². The first-order valence-corrected chi connectivity index (χ1v) is 14.9. The Morgan fingerprint density at radius 2 is 0.750 bits per heavy atom. The van der Waals surface area contributed by atoms with E-state index in [9.17, 15) is 0 Å². The largest absolute Gasteiger partial charge is 0.318 e. The van der Waals surface area contributed by atoms with Gasteiger partial charge in [0.15, 0.2) is 0 Å². The highest BCUT2D eigenvalue weighted by Crippen LogP contribution is 2.25. The molecule has 20 heavy (non-hydrogen) atoms. The van der Waals surface area contributed by atoms with Crippen molar-refractivity contribution >= 4 is 16.5 Å². The van der Waals surface area contributed by atoms with E-state index in [1.54, 1.807) is 0 Å². The second-order valence-electron chi connectivity index (χ2n) is 9.99. The van der Waals surface area contributed by atoms with E-state index in [1.807, 2.05) is 0 Å². The predicted molar refractivity (Wildman–Crippen MR) is 99.6 cm³/mol. The Morgan fingerprint density at radius 3 is 0.850 bits per heavy atom. The number of hydrogen-bond acceptors (Lipinski definition) is 2. The third-order valence-electron chi connectivity index (χ3n) is 3.79. The molecule has 0 saturated heterocycles. The van der Waals surface area contributed by atoms with Crippen LogP contribution in [0.1, 0.15) is 41.5 Å². The lowest BCUT2D eigenvalue weighted by atomic mass is 10.1. The van der Waals surface area contributed by atoms with Gasteiger partial charge in [-0.3, -0.25) is 0 Å². The maximum atomic E-state index is 2.78. The first kappa shape index (κ1) is 20.4. The zero-order valence-electron chi connectivity index (χ0n) is 16.3. The number of rotatable bonds is 5. The van der Waals surface area contributed by atoms with Crippen molar-refractivity contribution < 1.29 is 0 Å².